The van der Waals surface area contributed by atoms with Gasteiger partial charge in [-0.3, -0.25) is 10.2 Å². The van der Waals surface area contributed by atoms with Gasteiger partial charge >= 0.3 is 0 Å². The molecule has 0 bridgehead atoms. The normalized spacial score (nSPS) is 20.5. The van der Waals surface area contributed by atoms with Gasteiger partial charge in [0.2, 0.25) is 10.9 Å². The molecule has 3 aromatic rings. The van der Waals surface area contributed by atoms with Crippen molar-refractivity contribution >= 4 is 22.2 Å². The molecule has 24 heavy (non-hydrogen) atoms. The van der Waals surface area contributed by atoms with Crippen molar-refractivity contribution in [2.24, 2.45) is 5.92 Å². The molecule has 0 radical (unpaired) electrons. The molecule has 0 saturated carbocycles. The first-order valence-corrected chi connectivity index (χ1v) is 8.65. The third-order valence-corrected chi connectivity index (χ3v) is 4.95. The van der Waals surface area contributed by atoms with E-state index in [0.717, 1.165) is 21.2 Å². The number of rotatable bonds is 4. The van der Waals surface area contributed by atoms with Gasteiger partial charge in [-0.25, -0.2) is 14.9 Å². The van der Waals surface area contributed by atoms with Gasteiger partial charge in [0, 0.05) is 6.54 Å². The molecule has 1 fully saturated rings. The van der Waals surface area contributed by atoms with Crippen LogP contribution in [0, 0.1) is 12.8 Å². The average Bonchev–Trinajstić information content (AvgIpc) is 3.27. The van der Waals surface area contributed by atoms with Crippen LogP contribution in [-0.2, 0) is 11.3 Å². The van der Waals surface area contributed by atoms with E-state index in [1.165, 1.54) is 11.3 Å². The maximum absolute atomic E-state index is 12.6. The fourth-order valence-corrected chi connectivity index (χ4v) is 3.70. The molecule has 0 spiro atoms. The highest BCUT2D eigenvalue weighted by molar-refractivity contribution is 7.16. The minimum atomic E-state index is -0.156. The third kappa shape index (κ3) is 2.91. The lowest BCUT2D eigenvalue weighted by Gasteiger charge is -2.18. The van der Waals surface area contributed by atoms with Gasteiger partial charge in [0.15, 0.2) is 0 Å². The van der Waals surface area contributed by atoms with Crippen LogP contribution in [0.25, 0.3) is 4.96 Å². The van der Waals surface area contributed by atoms with E-state index in [-0.39, 0.29) is 17.9 Å². The van der Waals surface area contributed by atoms with E-state index in [0.29, 0.717) is 13.1 Å². The highest BCUT2D eigenvalue weighted by Crippen LogP contribution is 2.24. The average molecular weight is 342 g/mol. The fraction of sp³-hybridized carbons (Fsp3) is 0.312. The zero-order chi connectivity index (χ0) is 16.5. The second-order valence-electron chi connectivity index (χ2n) is 5.82. The molecular weight excluding hydrogens is 324 g/mol. The number of fused-ring (bicyclic) bond motifs is 1. The molecule has 1 aromatic carbocycles. The summed E-state index contributed by atoms with van der Waals surface area (Å²) in [5.74, 6) is -0.140. The van der Waals surface area contributed by atoms with Gasteiger partial charge in [0.1, 0.15) is 5.01 Å². The first-order chi connectivity index (χ1) is 11.7. The largest absolute Gasteiger partial charge is 0.350 e. The number of nitrogens with one attached hydrogen (secondary N) is 3. The second kappa shape index (κ2) is 6.31. The van der Waals surface area contributed by atoms with Crippen LogP contribution in [0.2, 0.25) is 0 Å². The summed E-state index contributed by atoms with van der Waals surface area (Å²) in [6.45, 7) is 2.96. The molecule has 8 heteroatoms. The quantitative estimate of drug-likeness (QED) is 0.663. The summed E-state index contributed by atoms with van der Waals surface area (Å²) in [4.78, 5) is 17.9. The number of amides is 1. The first kappa shape index (κ1) is 15.3. The molecule has 1 aliphatic heterocycles. The number of benzene rings is 1. The Labute approximate surface area is 143 Å². The van der Waals surface area contributed by atoms with Crippen molar-refractivity contribution in [3.63, 3.8) is 0 Å². The molecular formula is C16H18N6OS. The summed E-state index contributed by atoms with van der Waals surface area (Å²) in [6, 6.07) is 9.97. The molecule has 2 atom stereocenters. The Balaban J connectivity index is 1.42. The lowest BCUT2D eigenvalue weighted by Crippen LogP contribution is -2.34. The van der Waals surface area contributed by atoms with E-state index in [1.54, 1.807) is 4.52 Å². The van der Waals surface area contributed by atoms with Gasteiger partial charge in [0.05, 0.1) is 30.4 Å². The van der Waals surface area contributed by atoms with Crippen molar-refractivity contribution in [2.45, 2.75) is 19.5 Å². The van der Waals surface area contributed by atoms with E-state index in [9.17, 15) is 4.79 Å². The molecule has 2 unspecified atom stereocenters. The second-order valence-corrected chi connectivity index (χ2v) is 6.98. The van der Waals surface area contributed by atoms with E-state index in [4.69, 9.17) is 0 Å². The topological polar surface area (TPSA) is 83.3 Å². The molecule has 1 saturated heterocycles. The van der Waals surface area contributed by atoms with Gasteiger partial charge < -0.3 is 5.32 Å². The predicted molar refractivity (Wildman–Crippen MR) is 91.3 cm³/mol. The summed E-state index contributed by atoms with van der Waals surface area (Å²) in [5.41, 5.74) is 8.19. The highest BCUT2D eigenvalue weighted by atomic mass is 32.1. The molecule has 0 aliphatic carbocycles. The number of hydrazine groups is 1. The van der Waals surface area contributed by atoms with Gasteiger partial charge in [-0.05, 0) is 12.5 Å². The Morgan fingerprint density at radius 3 is 3.04 bits per heavy atom. The zero-order valence-corrected chi connectivity index (χ0v) is 14.0. The van der Waals surface area contributed by atoms with Crippen LogP contribution in [0.3, 0.4) is 0 Å². The minimum absolute atomic E-state index is 0.0156. The Bertz CT molecular complexity index is 826. The standard InChI is InChI=1S/C16H18N6OS/c1-10-21-22-9-12(19-16(22)24-10)7-17-15(23)13-8-18-20-14(13)11-5-3-2-4-6-11/h2-6,9,13-14,18,20H,7-8H2,1H3,(H,17,23). The number of carbonyl (C=O) groups is 1. The van der Waals surface area contributed by atoms with Crippen molar-refractivity contribution in [3.8, 4) is 0 Å². The Kier molecular flexibility index (Phi) is 4.01. The lowest BCUT2D eigenvalue weighted by atomic mass is 9.94. The lowest BCUT2D eigenvalue weighted by molar-refractivity contribution is -0.125. The fourth-order valence-electron chi connectivity index (χ4n) is 2.96. The molecule has 2 aromatic heterocycles. The number of hydrogen-bond acceptors (Lipinski definition) is 6. The van der Waals surface area contributed by atoms with Crippen molar-refractivity contribution in [1.29, 1.82) is 0 Å². The van der Waals surface area contributed by atoms with Crippen molar-refractivity contribution in [3.05, 3.63) is 52.8 Å². The SMILES string of the molecule is Cc1nn2cc(CNC(=O)C3CNNC3c3ccccc3)nc2s1. The van der Waals surface area contributed by atoms with Crippen LogP contribution >= 0.6 is 11.3 Å². The Morgan fingerprint density at radius 1 is 1.42 bits per heavy atom. The van der Waals surface area contributed by atoms with E-state index in [2.05, 4.69) is 26.3 Å². The van der Waals surface area contributed by atoms with E-state index < -0.39 is 0 Å². The monoisotopic (exact) mass is 342 g/mol. The number of hydrogen-bond donors (Lipinski definition) is 3. The molecule has 4 rings (SSSR count). The van der Waals surface area contributed by atoms with Crippen molar-refractivity contribution in [2.75, 3.05) is 6.54 Å². The molecule has 3 heterocycles. The summed E-state index contributed by atoms with van der Waals surface area (Å²) in [6.07, 6.45) is 1.86. The van der Waals surface area contributed by atoms with Crippen molar-refractivity contribution in [1.82, 2.24) is 30.8 Å². The Hall–Kier alpha value is -2.29. The Morgan fingerprint density at radius 2 is 2.25 bits per heavy atom. The summed E-state index contributed by atoms with van der Waals surface area (Å²) < 4.78 is 1.76. The maximum atomic E-state index is 12.6. The van der Waals surface area contributed by atoms with Crippen LogP contribution in [0.5, 0.6) is 0 Å². The molecule has 7 nitrogen and oxygen atoms in total. The van der Waals surface area contributed by atoms with Crippen LogP contribution in [0.1, 0.15) is 22.3 Å². The van der Waals surface area contributed by atoms with Crippen LogP contribution in [0.15, 0.2) is 36.5 Å². The minimum Gasteiger partial charge on any atom is -0.350 e. The van der Waals surface area contributed by atoms with Gasteiger partial charge in [0.25, 0.3) is 0 Å². The van der Waals surface area contributed by atoms with Gasteiger partial charge in [-0.1, -0.05) is 41.7 Å². The zero-order valence-electron chi connectivity index (χ0n) is 13.2. The van der Waals surface area contributed by atoms with Gasteiger partial charge in [-0.2, -0.15) is 5.10 Å². The first-order valence-electron chi connectivity index (χ1n) is 7.83. The number of aryl methyl sites for hydroxylation is 1. The molecule has 1 amide bonds. The van der Waals surface area contributed by atoms with Crippen molar-refractivity contribution < 1.29 is 4.79 Å². The predicted octanol–water partition coefficient (Wildman–Crippen LogP) is 1.18. The number of aromatic nitrogens is 3. The molecule has 1 aliphatic rings. The molecule has 3 N–H and O–H groups in total. The van der Waals surface area contributed by atoms with E-state index in [1.807, 2.05) is 43.5 Å². The number of nitrogens with zero attached hydrogens (tertiary/aromatic N) is 3. The summed E-state index contributed by atoms with van der Waals surface area (Å²) >= 11 is 1.54. The summed E-state index contributed by atoms with van der Waals surface area (Å²) in [5, 5.41) is 8.29. The number of imidazole rings is 1. The number of carbonyl (C=O) groups excluding carboxylic acids is 1. The van der Waals surface area contributed by atoms with Gasteiger partial charge in [-0.15, -0.1) is 0 Å². The van der Waals surface area contributed by atoms with Crippen LogP contribution in [-0.4, -0.2) is 27.0 Å². The maximum Gasteiger partial charge on any atom is 0.226 e. The molecule has 124 valence electrons. The smallest absolute Gasteiger partial charge is 0.226 e. The third-order valence-electron chi connectivity index (χ3n) is 4.12. The van der Waals surface area contributed by atoms with Crippen LogP contribution in [0.4, 0.5) is 0 Å². The van der Waals surface area contributed by atoms with Crippen LogP contribution < -0.4 is 16.2 Å². The highest BCUT2D eigenvalue weighted by Gasteiger charge is 2.33. The van der Waals surface area contributed by atoms with E-state index >= 15 is 0 Å². The summed E-state index contributed by atoms with van der Waals surface area (Å²) in [7, 11) is 0.